The molecule has 2 aromatic heterocycles. The molecule has 3 aromatic rings. The van der Waals surface area contributed by atoms with Gasteiger partial charge in [-0.2, -0.15) is 13.2 Å². The van der Waals surface area contributed by atoms with Crippen molar-refractivity contribution in [3.63, 3.8) is 0 Å². The third-order valence-corrected chi connectivity index (χ3v) is 5.18. The van der Waals surface area contributed by atoms with Crippen LogP contribution in [0.3, 0.4) is 0 Å². The molecule has 12 heteroatoms. The Bertz CT molecular complexity index is 1270. The molecule has 0 unspecified atom stereocenters. The Hall–Kier alpha value is -3.96. The number of anilines is 1. The monoisotopic (exact) mass is 447 g/mol. The Morgan fingerprint density at radius 2 is 1.78 bits per heavy atom. The standard InChI is InChI=1S/C20H16F3N5O4/c21-20(22,23)14-5-3-4-13(12-14)18(29)26-10-8-25(9-11-26)17-16(28(31)32)19(30)27-7-2-1-6-15(27)24-17/h1-7,12H,8-11H2. The summed E-state index contributed by atoms with van der Waals surface area (Å²) in [5.41, 5.74) is -2.27. The van der Waals surface area contributed by atoms with Gasteiger partial charge in [0.25, 0.3) is 5.91 Å². The molecule has 1 aliphatic heterocycles. The zero-order chi connectivity index (χ0) is 23.0. The normalized spacial score (nSPS) is 14.6. The van der Waals surface area contributed by atoms with E-state index >= 15 is 0 Å². The third kappa shape index (κ3) is 3.86. The number of nitro groups is 1. The second kappa shape index (κ2) is 7.94. The molecule has 1 aliphatic rings. The maximum absolute atomic E-state index is 12.9. The van der Waals surface area contributed by atoms with E-state index in [1.807, 2.05) is 0 Å². The van der Waals surface area contributed by atoms with Gasteiger partial charge in [0, 0.05) is 37.9 Å². The lowest BCUT2D eigenvalue weighted by atomic mass is 10.1. The van der Waals surface area contributed by atoms with Gasteiger partial charge in [0.1, 0.15) is 5.65 Å². The number of nitrogens with zero attached hydrogens (tertiary/aromatic N) is 5. The summed E-state index contributed by atoms with van der Waals surface area (Å²) in [6, 6.07) is 8.90. The van der Waals surface area contributed by atoms with Crippen LogP contribution in [0.5, 0.6) is 0 Å². The third-order valence-electron chi connectivity index (χ3n) is 5.18. The van der Waals surface area contributed by atoms with Crippen molar-refractivity contribution in [2.75, 3.05) is 31.1 Å². The van der Waals surface area contributed by atoms with Crippen molar-refractivity contribution in [2.45, 2.75) is 6.18 Å². The van der Waals surface area contributed by atoms with Crippen LogP contribution < -0.4 is 10.5 Å². The molecule has 0 spiro atoms. The summed E-state index contributed by atoms with van der Waals surface area (Å²) >= 11 is 0. The summed E-state index contributed by atoms with van der Waals surface area (Å²) in [5.74, 6) is -0.672. The summed E-state index contributed by atoms with van der Waals surface area (Å²) in [5, 5.41) is 11.6. The molecule has 0 radical (unpaired) electrons. The van der Waals surface area contributed by atoms with Crippen molar-refractivity contribution in [3.8, 4) is 0 Å². The number of aromatic nitrogens is 2. The van der Waals surface area contributed by atoms with E-state index in [9.17, 15) is 32.9 Å². The van der Waals surface area contributed by atoms with E-state index in [0.29, 0.717) is 0 Å². The van der Waals surface area contributed by atoms with E-state index in [1.54, 1.807) is 18.2 Å². The number of hydrogen-bond donors (Lipinski definition) is 0. The lowest BCUT2D eigenvalue weighted by Crippen LogP contribution is -2.49. The second-order valence-corrected chi connectivity index (χ2v) is 7.13. The van der Waals surface area contributed by atoms with E-state index < -0.39 is 33.8 Å². The van der Waals surface area contributed by atoms with Crippen LogP contribution in [-0.2, 0) is 6.18 Å². The molecule has 1 saturated heterocycles. The molecule has 166 valence electrons. The Labute approximate surface area is 178 Å². The number of carbonyl (C=O) groups is 1. The average Bonchev–Trinajstić information content (AvgIpc) is 2.78. The first-order valence-electron chi connectivity index (χ1n) is 9.54. The maximum atomic E-state index is 12.9. The van der Waals surface area contributed by atoms with Gasteiger partial charge in [-0.05, 0) is 30.3 Å². The van der Waals surface area contributed by atoms with Gasteiger partial charge in [0.05, 0.1) is 10.5 Å². The van der Waals surface area contributed by atoms with Crippen molar-refractivity contribution >= 4 is 23.1 Å². The number of halogens is 3. The highest BCUT2D eigenvalue weighted by atomic mass is 19.4. The largest absolute Gasteiger partial charge is 0.416 e. The van der Waals surface area contributed by atoms with Crippen molar-refractivity contribution in [3.05, 3.63) is 80.3 Å². The van der Waals surface area contributed by atoms with Crippen LogP contribution in [-0.4, -0.2) is 51.3 Å². The number of benzene rings is 1. The van der Waals surface area contributed by atoms with Crippen LogP contribution in [0.2, 0.25) is 0 Å². The number of pyridine rings is 1. The molecule has 0 N–H and O–H groups in total. The molecule has 0 bridgehead atoms. The lowest BCUT2D eigenvalue weighted by molar-refractivity contribution is -0.385. The van der Waals surface area contributed by atoms with Crippen LogP contribution in [0.1, 0.15) is 15.9 Å². The van der Waals surface area contributed by atoms with Crippen molar-refractivity contribution in [1.82, 2.24) is 14.3 Å². The van der Waals surface area contributed by atoms with Gasteiger partial charge in [-0.15, -0.1) is 0 Å². The molecule has 0 saturated carbocycles. The van der Waals surface area contributed by atoms with Crippen molar-refractivity contribution in [2.24, 2.45) is 0 Å². The van der Waals surface area contributed by atoms with Gasteiger partial charge in [-0.1, -0.05) is 12.1 Å². The summed E-state index contributed by atoms with van der Waals surface area (Å²) in [6.07, 6.45) is -3.18. The maximum Gasteiger partial charge on any atom is 0.416 e. The second-order valence-electron chi connectivity index (χ2n) is 7.13. The number of alkyl halides is 3. The summed E-state index contributed by atoms with van der Waals surface area (Å²) in [6.45, 7) is 0.451. The summed E-state index contributed by atoms with van der Waals surface area (Å²) in [7, 11) is 0. The van der Waals surface area contributed by atoms with Crippen LogP contribution in [0.15, 0.2) is 53.5 Å². The highest BCUT2D eigenvalue weighted by Crippen LogP contribution is 2.30. The number of fused-ring (bicyclic) bond motifs is 1. The number of piperazine rings is 1. The molecular weight excluding hydrogens is 431 g/mol. The molecule has 0 atom stereocenters. The van der Waals surface area contributed by atoms with Gasteiger partial charge in [0.2, 0.25) is 5.82 Å². The minimum Gasteiger partial charge on any atom is -0.347 e. The smallest absolute Gasteiger partial charge is 0.347 e. The van der Waals surface area contributed by atoms with E-state index in [4.69, 9.17) is 0 Å². The molecule has 3 heterocycles. The van der Waals surface area contributed by atoms with Gasteiger partial charge in [-0.3, -0.25) is 24.1 Å². The molecule has 9 nitrogen and oxygen atoms in total. The quantitative estimate of drug-likeness (QED) is 0.452. The fraction of sp³-hybridized carbons (Fsp3) is 0.250. The molecular formula is C20H16F3N5O4. The molecule has 4 rings (SSSR count). The Kier molecular flexibility index (Phi) is 5.28. The Morgan fingerprint density at radius 1 is 1.06 bits per heavy atom. The molecule has 1 amide bonds. The number of hydrogen-bond acceptors (Lipinski definition) is 6. The average molecular weight is 447 g/mol. The predicted octanol–water partition coefficient (Wildman–Crippen LogP) is 2.58. The highest BCUT2D eigenvalue weighted by Gasteiger charge is 2.33. The van der Waals surface area contributed by atoms with E-state index in [1.165, 1.54) is 28.1 Å². The fourth-order valence-electron chi connectivity index (χ4n) is 3.58. The Morgan fingerprint density at radius 3 is 2.44 bits per heavy atom. The first-order valence-corrected chi connectivity index (χ1v) is 9.54. The predicted molar refractivity (Wildman–Crippen MR) is 108 cm³/mol. The fourth-order valence-corrected chi connectivity index (χ4v) is 3.58. The zero-order valence-electron chi connectivity index (χ0n) is 16.5. The molecule has 0 aliphatic carbocycles. The van der Waals surface area contributed by atoms with Crippen LogP contribution >= 0.6 is 0 Å². The summed E-state index contributed by atoms with van der Waals surface area (Å²) in [4.78, 5) is 43.2. The van der Waals surface area contributed by atoms with Gasteiger partial charge in [-0.25, -0.2) is 4.98 Å². The Balaban J connectivity index is 1.58. The highest BCUT2D eigenvalue weighted by molar-refractivity contribution is 5.94. The van der Waals surface area contributed by atoms with Gasteiger partial charge < -0.3 is 9.80 Å². The van der Waals surface area contributed by atoms with Gasteiger partial charge >= 0.3 is 17.4 Å². The molecule has 1 aromatic carbocycles. The number of carbonyl (C=O) groups excluding carboxylic acids is 1. The molecule has 1 fully saturated rings. The first kappa shape index (κ1) is 21.3. The van der Waals surface area contributed by atoms with Crippen LogP contribution in [0, 0.1) is 10.1 Å². The van der Waals surface area contributed by atoms with E-state index in [-0.39, 0.29) is 43.2 Å². The van der Waals surface area contributed by atoms with Crippen LogP contribution in [0.4, 0.5) is 24.7 Å². The van der Waals surface area contributed by atoms with Crippen LogP contribution in [0.25, 0.3) is 5.65 Å². The minimum atomic E-state index is -4.57. The minimum absolute atomic E-state index is 0.0960. The van der Waals surface area contributed by atoms with Crippen molar-refractivity contribution in [1.29, 1.82) is 0 Å². The first-order chi connectivity index (χ1) is 15.2. The van der Waals surface area contributed by atoms with E-state index in [2.05, 4.69) is 4.98 Å². The number of rotatable bonds is 3. The number of amides is 1. The van der Waals surface area contributed by atoms with Gasteiger partial charge in [0.15, 0.2) is 0 Å². The summed E-state index contributed by atoms with van der Waals surface area (Å²) < 4.78 is 39.9. The lowest BCUT2D eigenvalue weighted by Gasteiger charge is -2.35. The topological polar surface area (TPSA) is 101 Å². The van der Waals surface area contributed by atoms with E-state index in [0.717, 1.165) is 16.5 Å². The SMILES string of the molecule is O=C(c1cccc(C(F)(F)F)c1)N1CCN(c2nc3ccccn3c(=O)c2[N+](=O)[O-])CC1. The molecule has 32 heavy (non-hydrogen) atoms. The zero-order valence-corrected chi connectivity index (χ0v) is 16.5. The van der Waals surface area contributed by atoms with Crippen molar-refractivity contribution < 1.29 is 22.9 Å².